The van der Waals surface area contributed by atoms with Gasteiger partial charge in [-0.1, -0.05) is 20.3 Å². The van der Waals surface area contributed by atoms with Gasteiger partial charge in [0.25, 0.3) is 0 Å². The van der Waals surface area contributed by atoms with Crippen LogP contribution in [0.5, 0.6) is 0 Å². The molecular formula is C16H21FN2. The molecule has 2 aromatic rings. The van der Waals surface area contributed by atoms with Crippen molar-refractivity contribution in [1.82, 2.24) is 4.98 Å². The average molecular weight is 260 g/mol. The molecule has 1 N–H and O–H groups in total. The normalized spacial score (nSPS) is 10.9. The van der Waals surface area contributed by atoms with Gasteiger partial charge in [-0.05, 0) is 43.5 Å². The first-order valence-electron chi connectivity index (χ1n) is 7.00. The van der Waals surface area contributed by atoms with Gasteiger partial charge in [-0.25, -0.2) is 9.37 Å². The number of benzene rings is 1. The Morgan fingerprint density at radius 3 is 2.68 bits per heavy atom. The fourth-order valence-electron chi connectivity index (χ4n) is 2.26. The number of fused-ring (bicyclic) bond motifs is 1. The maximum Gasteiger partial charge on any atom is 0.129 e. The lowest BCUT2D eigenvalue weighted by molar-refractivity contribution is 0.620. The molecule has 0 aliphatic rings. The van der Waals surface area contributed by atoms with Crippen molar-refractivity contribution in [1.29, 1.82) is 0 Å². The number of anilines is 1. The zero-order valence-electron chi connectivity index (χ0n) is 11.9. The topological polar surface area (TPSA) is 24.9 Å². The van der Waals surface area contributed by atoms with Crippen molar-refractivity contribution in [2.75, 3.05) is 11.9 Å². The first-order valence-corrected chi connectivity index (χ1v) is 7.00. The van der Waals surface area contributed by atoms with E-state index in [1.54, 1.807) is 6.92 Å². The summed E-state index contributed by atoms with van der Waals surface area (Å²) in [6.45, 7) is 6.96. The molecule has 0 aliphatic carbocycles. The lowest BCUT2D eigenvalue weighted by Crippen LogP contribution is -2.06. The number of aromatic nitrogens is 1. The summed E-state index contributed by atoms with van der Waals surface area (Å²) in [6, 6.07) is 5.47. The van der Waals surface area contributed by atoms with Crippen molar-refractivity contribution in [3.63, 3.8) is 0 Å². The molecule has 2 rings (SSSR count). The van der Waals surface area contributed by atoms with Gasteiger partial charge in [0, 0.05) is 17.5 Å². The molecule has 2 nitrogen and oxygen atoms in total. The van der Waals surface area contributed by atoms with Crippen molar-refractivity contribution in [3.8, 4) is 0 Å². The van der Waals surface area contributed by atoms with Gasteiger partial charge >= 0.3 is 0 Å². The summed E-state index contributed by atoms with van der Waals surface area (Å²) in [5.74, 6) is 0.717. The fraction of sp³-hybridized carbons (Fsp3) is 0.438. The van der Waals surface area contributed by atoms with Crippen LogP contribution in [0, 0.1) is 12.7 Å². The number of aryl methyl sites for hydroxylation is 2. The van der Waals surface area contributed by atoms with E-state index in [4.69, 9.17) is 0 Å². The summed E-state index contributed by atoms with van der Waals surface area (Å²) in [7, 11) is 0. The molecule has 1 aromatic heterocycles. The van der Waals surface area contributed by atoms with E-state index in [2.05, 4.69) is 30.2 Å². The van der Waals surface area contributed by atoms with Crippen LogP contribution in [-0.4, -0.2) is 11.5 Å². The average Bonchev–Trinajstić information content (AvgIpc) is 2.41. The van der Waals surface area contributed by atoms with Crippen molar-refractivity contribution >= 4 is 16.7 Å². The number of hydrogen-bond acceptors (Lipinski definition) is 2. The number of nitrogens with zero attached hydrogens (tertiary/aromatic N) is 1. The van der Waals surface area contributed by atoms with E-state index in [-0.39, 0.29) is 5.82 Å². The Labute approximate surface area is 114 Å². The van der Waals surface area contributed by atoms with E-state index in [0.29, 0.717) is 5.56 Å². The Bertz CT molecular complexity index is 578. The lowest BCUT2D eigenvalue weighted by Gasteiger charge is -2.13. The molecule has 102 valence electrons. The molecule has 0 radical (unpaired) electrons. The molecule has 0 fully saturated rings. The standard InChI is InChI=1S/C16H21FN2/c1-4-6-13-10-12-7-8-14(17)11(3)15(12)19-16(13)18-9-5-2/h7-8,10H,4-6,9H2,1-3H3,(H,18,19). The monoisotopic (exact) mass is 260 g/mol. The molecule has 0 unspecified atom stereocenters. The van der Waals surface area contributed by atoms with E-state index in [1.807, 2.05) is 6.07 Å². The summed E-state index contributed by atoms with van der Waals surface area (Å²) in [5.41, 5.74) is 2.60. The summed E-state index contributed by atoms with van der Waals surface area (Å²) in [5, 5.41) is 4.37. The van der Waals surface area contributed by atoms with Crippen LogP contribution in [0.15, 0.2) is 18.2 Å². The number of halogens is 1. The van der Waals surface area contributed by atoms with Crippen LogP contribution in [0.2, 0.25) is 0 Å². The van der Waals surface area contributed by atoms with Crippen LogP contribution in [0.25, 0.3) is 10.9 Å². The second kappa shape index (κ2) is 6.00. The molecule has 0 saturated heterocycles. The smallest absolute Gasteiger partial charge is 0.129 e. The highest BCUT2D eigenvalue weighted by Crippen LogP contribution is 2.25. The van der Waals surface area contributed by atoms with Gasteiger partial charge in [0.15, 0.2) is 0 Å². The Morgan fingerprint density at radius 1 is 1.21 bits per heavy atom. The van der Waals surface area contributed by atoms with E-state index in [9.17, 15) is 4.39 Å². The van der Waals surface area contributed by atoms with E-state index < -0.39 is 0 Å². The third kappa shape index (κ3) is 2.86. The first-order chi connectivity index (χ1) is 9.17. The molecule has 0 bridgehead atoms. The maximum atomic E-state index is 13.6. The lowest BCUT2D eigenvalue weighted by atomic mass is 10.0. The van der Waals surface area contributed by atoms with Crippen LogP contribution in [-0.2, 0) is 6.42 Å². The molecule has 1 aromatic carbocycles. The highest BCUT2D eigenvalue weighted by molar-refractivity contribution is 5.84. The van der Waals surface area contributed by atoms with Gasteiger partial charge in [0.05, 0.1) is 5.52 Å². The third-order valence-corrected chi connectivity index (χ3v) is 3.32. The van der Waals surface area contributed by atoms with Gasteiger partial charge in [-0.3, -0.25) is 0 Å². The zero-order valence-corrected chi connectivity index (χ0v) is 11.9. The van der Waals surface area contributed by atoms with Gasteiger partial charge < -0.3 is 5.32 Å². The van der Waals surface area contributed by atoms with Crippen LogP contribution >= 0.6 is 0 Å². The predicted molar refractivity (Wildman–Crippen MR) is 79.2 cm³/mol. The molecular weight excluding hydrogens is 239 g/mol. The summed E-state index contributed by atoms with van der Waals surface area (Å²) >= 11 is 0. The largest absolute Gasteiger partial charge is 0.370 e. The van der Waals surface area contributed by atoms with E-state index in [1.165, 1.54) is 11.6 Å². The van der Waals surface area contributed by atoms with Crippen LogP contribution < -0.4 is 5.32 Å². The van der Waals surface area contributed by atoms with Gasteiger partial charge in [-0.2, -0.15) is 0 Å². The number of rotatable bonds is 5. The number of nitrogens with one attached hydrogen (secondary N) is 1. The van der Waals surface area contributed by atoms with Crippen LogP contribution in [0.1, 0.15) is 37.8 Å². The first kappa shape index (κ1) is 13.8. The highest BCUT2D eigenvalue weighted by atomic mass is 19.1. The van der Waals surface area contributed by atoms with E-state index in [0.717, 1.165) is 42.5 Å². The van der Waals surface area contributed by atoms with Gasteiger partial charge in [0.1, 0.15) is 11.6 Å². The molecule has 19 heavy (non-hydrogen) atoms. The van der Waals surface area contributed by atoms with Crippen molar-refractivity contribution < 1.29 is 4.39 Å². The summed E-state index contributed by atoms with van der Waals surface area (Å²) < 4.78 is 13.6. The minimum atomic E-state index is -0.190. The van der Waals surface area contributed by atoms with Crippen molar-refractivity contribution in [2.24, 2.45) is 0 Å². The minimum absolute atomic E-state index is 0.190. The van der Waals surface area contributed by atoms with Crippen LogP contribution in [0.3, 0.4) is 0 Å². The summed E-state index contributed by atoms with van der Waals surface area (Å²) in [6.07, 6.45) is 3.12. The molecule has 0 spiro atoms. The minimum Gasteiger partial charge on any atom is -0.370 e. The Hall–Kier alpha value is -1.64. The predicted octanol–water partition coefficient (Wildman–Crippen LogP) is 4.46. The van der Waals surface area contributed by atoms with E-state index >= 15 is 0 Å². The SMILES string of the molecule is CCCNc1nc2c(C)c(F)ccc2cc1CCC. The maximum absolute atomic E-state index is 13.6. The number of pyridine rings is 1. The molecule has 0 amide bonds. The molecule has 3 heteroatoms. The Kier molecular flexibility index (Phi) is 4.35. The second-order valence-corrected chi connectivity index (χ2v) is 4.92. The second-order valence-electron chi connectivity index (χ2n) is 4.92. The summed E-state index contributed by atoms with van der Waals surface area (Å²) in [4.78, 5) is 4.64. The van der Waals surface area contributed by atoms with Crippen LogP contribution in [0.4, 0.5) is 10.2 Å². The fourth-order valence-corrected chi connectivity index (χ4v) is 2.26. The number of hydrogen-bond donors (Lipinski definition) is 1. The Balaban J connectivity index is 2.55. The molecule has 0 aliphatic heterocycles. The molecule has 0 atom stereocenters. The zero-order chi connectivity index (χ0) is 13.8. The quantitative estimate of drug-likeness (QED) is 0.858. The van der Waals surface area contributed by atoms with Gasteiger partial charge in [-0.15, -0.1) is 0 Å². The van der Waals surface area contributed by atoms with Crippen molar-refractivity contribution in [2.45, 2.75) is 40.0 Å². The highest BCUT2D eigenvalue weighted by Gasteiger charge is 2.10. The van der Waals surface area contributed by atoms with Gasteiger partial charge in [0.2, 0.25) is 0 Å². The van der Waals surface area contributed by atoms with Crippen molar-refractivity contribution in [3.05, 3.63) is 35.1 Å². The molecule has 1 heterocycles. The Morgan fingerprint density at radius 2 is 2.00 bits per heavy atom. The molecule has 0 saturated carbocycles. The third-order valence-electron chi connectivity index (χ3n) is 3.32.